The van der Waals surface area contributed by atoms with Crippen molar-refractivity contribution in [1.82, 2.24) is 0 Å². The highest BCUT2D eigenvalue weighted by molar-refractivity contribution is 7.46. The number of hydrogen-bond acceptors (Lipinski definition) is 8. The number of phosphoric ester groups is 1. The maximum Gasteiger partial charge on any atom is 0.470 e. The zero-order valence-corrected chi connectivity index (χ0v) is 9.87. The zero-order chi connectivity index (χ0) is 14.1. The van der Waals surface area contributed by atoms with Crippen LogP contribution in [0.5, 0.6) is 0 Å². The summed E-state index contributed by atoms with van der Waals surface area (Å²) in [6.07, 6.45) is -10.6. The van der Waals surface area contributed by atoms with E-state index < -0.39 is 51.2 Å². The van der Waals surface area contributed by atoms with Gasteiger partial charge in [-0.15, -0.1) is 0 Å². The van der Waals surface area contributed by atoms with E-state index >= 15 is 0 Å². The van der Waals surface area contributed by atoms with Gasteiger partial charge in [-0.2, -0.15) is 0 Å². The van der Waals surface area contributed by atoms with E-state index in [0.717, 1.165) is 0 Å². The van der Waals surface area contributed by atoms with Gasteiger partial charge >= 0.3 is 7.82 Å². The molecule has 0 spiro atoms. The van der Waals surface area contributed by atoms with Gasteiger partial charge in [0.05, 0.1) is 6.61 Å². The SMILES string of the molecule is O=P(O)(O)O[C@@H](CO)[C@H]1O[C@H](O)[C@@H](O)[C@@H](O)[C@@H]1O. The van der Waals surface area contributed by atoms with E-state index in [1.54, 1.807) is 0 Å². The van der Waals surface area contributed by atoms with Gasteiger partial charge in [0.15, 0.2) is 6.29 Å². The molecular weight excluding hydrogens is 275 g/mol. The lowest BCUT2D eigenvalue weighted by atomic mass is 9.96. The van der Waals surface area contributed by atoms with Gasteiger partial charge in [0.25, 0.3) is 0 Å². The number of phosphoric acid groups is 1. The summed E-state index contributed by atoms with van der Waals surface area (Å²) >= 11 is 0. The van der Waals surface area contributed by atoms with Crippen molar-refractivity contribution in [2.24, 2.45) is 0 Å². The molecule has 11 heteroatoms. The fourth-order valence-electron chi connectivity index (χ4n) is 1.57. The molecule has 0 aromatic rings. The Hall–Kier alpha value is -0.130. The molecule has 7 N–H and O–H groups in total. The van der Waals surface area contributed by atoms with Crippen LogP contribution in [-0.4, -0.2) is 78.7 Å². The van der Waals surface area contributed by atoms with Gasteiger partial charge in [0.1, 0.15) is 30.5 Å². The first kappa shape index (κ1) is 15.9. The Bertz CT molecular complexity index is 317. The van der Waals surface area contributed by atoms with Crippen LogP contribution in [0.3, 0.4) is 0 Å². The molecule has 108 valence electrons. The van der Waals surface area contributed by atoms with E-state index in [4.69, 9.17) is 14.9 Å². The van der Waals surface area contributed by atoms with Crippen molar-refractivity contribution in [3.63, 3.8) is 0 Å². The Morgan fingerprint density at radius 1 is 1.11 bits per heavy atom. The maximum atomic E-state index is 10.6. The van der Waals surface area contributed by atoms with Crippen molar-refractivity contribution < 1.29 is 49.1 Å². The van der Waals surface area contributed by atoms with Gasteiger partial charge in [0, 0.05) is 0 Å². The Kier molecular flexibility index (Phi) is 5.21. The van der Waals surface area contributed by atoms with Crippen molar-refractivity contribution in [3.05, 3.63) is 0 Å². The summed E-state index contributed by atoms with van der Waals surface area (Å²) in [7, 11) is -4.96. The summed E-state index contributed by atoms with van der Waals surface area (Å²) in [6, 6.07) is 0. The van der Waals surface area contributed by atoms with E-state index in [0.29, 0.717) is 0 Å². The second kappa shape index (κ2) is 5.88. The van der Waals surface area contributed by atoms with Crippen molar-refractivity contribution in [2.75, 3.05) is 6.61 Å². The van der Waals surface area contributed by atoms with Gasteiger partial charge in [0.2, 0.25) is 0 Å². The van der Waals surface area contributed by atoms with Crippen LogP contribution in [0.1, 0.15) is 0 Å². The number of hydrogen-bond donors (Lipinski definition) is 7. The minimum atomic E-state index is -4.96. The van der Waals surface area contributed by atoms with E-state index in [1.807, 2.05) is 0 Å². The van der Waals surface area contributed by atoms with Gasteiger partial charge in [-0.25, -0.2) is 4.57 Å². The molecular formula is C7H15O10P. The highest BCUT2D eigenvalue weighted by Crippen LogP contribution is 2.39. The normalized spacial score (nSPS) is 39.6. The Morgan fingerprint density at radius 3 is 2.11 bits per heavy atom. The summed E-state index contributed by atoms with van der Waals surface area (Å²) in [6.45, 7) is -0.942. The number of aliphatic hydroxyl groups is 5. The lowest BCUT2D eigenvalue weighted by Gasteiger charge is -2.40. The average Bonchev–Trinajstić information content (AvgIpc) is 2.27. The Labute approximate surface area is 101 Å². The molecule has 1 fully saturated rings. The largest absolute Gasteiger partial charge is 0.470 e. The summed E-state index contributed by atoms with van der Waals surface area (Å²) in [4.78, 5) is 17.2. The number of ether oxygens (including phenoxy) is 1. The molecule has 0 aromatic carbocycles. The van der Waals surface area contributed by atoms with Crippen LogP contribution in [0, 0.1) is 0 Å². The quantitative estimate of drug-likeness (QED) is 0.254. The zero-order valence-electron chi connectivity index (χ0n) is 8.97. The molecule has 0 amide bonds. The molecule has 6 atom stereocenters. The van der Waals surface area contributed by atoms with Crippen molar-refractivity contribution in [2.45, 2.75) is 36.8 Å². The highest BCUT2D eigenvalue weighted by atomic mass is 31.2. The van der Waals surface area contributed by atoms with E-state index in [1.165, 1.54) is 0 Å². The summed E-state index contributed by atoms with van der Waals surface area (Å²) in [5.74, 6) is 0. The predicted octanol–water partition coefficient (Wildman–Crippen LogP) is -3.74. The lowest BCUT2D eigenvalue weighted by molar-refractivity contribution is -0.297. The predicted molar refractivity (Wildman–Crippen MR) is 52.9 cm³/mol. The summed E-state index contributed by atoms with van der Waals surface area (Å²) < 4.78 is 19.4. The summed E-state index contributed by atoms with van der Waals surface area (Å²) in [5.41, 5.74) is 0. The molecule has 1 aliphatic rings. The molecule has 1 saturated heterocycles. The molecule has 0 bridgehead atoms. The molecule has 0 aromatic heterocycles. The number of rotatable bonds is 4. The lowest BCUT2D eigenvalue weighted by Crippen LogP contribution is -2.61. The van der Waals surface area contributed by atoms with Gasteiger partial charge in [-0.3, -0.25) is 4.52 Å². The van der Waals surface area contributed by atoms with Crippen LogP contribution in [0.15, 0.2) is 0 Å². The second-order valence-corrected chi connectivity index (χ2v) is 4.97. The van der Waals surface area contributed by atoms with Crippen molar-refractivity contribution >= 4 is 7.82 Å². The smallest absolute Gasteiger partial charge is 0.394 e. The fraction of sp³-hybridized carbons (Fsp3) is 1.00. The van der Waals surface area contributed by atoms with Gasteiger partial charge in [-0.1, -0.05) is 0 Å². The molecule has 1 rings (SSSR count). The van der Waals surface area contributed by atoms with E-state index in [9.17, 15) is 25.0 Å². The molecule has 0 aliphatic carbocycles. The monoisotopic (exact) mass is 290 g/mol. The first-order valence-corrected chi connectivity index (χ1v) is 6.43. The topological polar surface area (TPSA) is 177 Å². The minimum absolute atomic E-state index is 0.942. The standard InChI is InChI=1S/C7H15O10P/c8-1-2(17-18(13,14)15)6-4(10)3(9)5(11)7(12)16-6/h2-12H,1H2,(H2,13,14,15)/t2-,3-,4-,5-,6+,7-/m0/s1. The molecule has 1 heterocycles. The maximum absolute atomic E-state index is 10.6. The Morgan fingerprint density at radius 2 is 1.67 bits per heavy atom. The molecule has 0 unspecified atom stereocenters. The average molecular weight is 290 g/mol. The van der Waals surface area contributed by atoms with Crippen LogP contribution in [0.2, 0.25) is 0 Å². The highest BCUT2D eigenvalue weighted by Gasteiger charge is 2.47. The molecule has 10 nitrogen and oxygen atoms in total. The van der Waals surface area contributed by atoms with E-state index in [-0.39, 0.29) is 0 Å². The van der Waals surface area contributed by atoms with Gasteiger partial charge < -0.3 is 40.1 Å². The second-order valence-electron chi connectivity index (χ2n) is 3.78. The molecule has 18 heavy (non-hydrogen) atoms. The van der Waals surface area contributed by atoms with Crippen LogP contribution in [-0.2, 0) is 13.8 Å². The molecule has 0 saturated carbocycles. The first-order valence-electron chi connectivity index (χ1n) is 4.90. The van der Waals surface area contributed by atoms with Crippen LogP contribution >= 0.6 is 7.82 Å². The van der Waals surface area contributed by atoms with Crippen molar-refractivity contribution in [1.29, 1.82) is 0 Å². The van der Waals surface area contributed by atoms with Crippen LogP contribution in [0.4, 0.5) is 0 Å². The summed E-state index contributed by atoms with van der Waals surface area (Å²) in [5, 5.41) is 46.2. The third kappa shape index (κ3) is 3.68. The van der Waals surface area contributed by atoms with Gasteiger partial charge in [-0.05, 0) is 0 Å². The van der Waals surface area contributed by atoms with Crippen LogP contribution in [0.25, 0.3) is 0 Å². The first-order chi connectivity index (χ1) is 8.17. The van der Waals surface area contributed by atoms with Crippen molar-refractivity contribution in [3.8, 4) is 0 Å². The molecule has 0 radical (unpaired) electrons. The van der Waals surface area contributed by atoms with E-state index in [2.05, 4.69) is 9.26 Å². The fourth-order valence-corrected chi connectivity index (χ4v) is 2.11. The Balaban J connectivity index is 2.82. The number of aliphatic hydroxyl groups excluding tert-OH is 5. The minimum Gasteiger partial charge on any atom is -0.394 e. The third-order valence-corrected chi connectivity index (χ3v) is 2.99. The third-order valence-electron chi connectivity index (χ3n) is 2.44. The molecule has 1 aliphatic heterocycles. The van der Waals surface area contributed by atoms with Crippen LogP contribution < -0.4 is 0 Å².